The van der Waals surface area contributed by atoms with E-state index < -0.39 is 0 Å². The highest BCUT2D eigenvalue weighted by atomic mass is 15.0. The fourth-order valence-corrected chi connectivity index (χ4v) is 1.84. The van der Waals surface area contributed by atoms with Crippen LogP contribution in [0.1, 0.15) is 19.3 Å². The van der Waals surface area contributed by atoms with Gasteiger partial charge in [0, 0.05) is 37.5 Å². The van der Waals surface area contributed by atoms with Gasteiger partial charge in [0.25, 0.3) is 0 Å². The van der Waals surface area contributed by atoms with Crippen LogP contribution in [0.5, 0.6) is 0 Å². The Morgan fingerprint density at radius 1 is 1.54 bits per heavy atom. The second-order valence-corrected chi connectivity index (χ2v) is 3.68. The topological polar surface area (TPSA) is 36.4 Å². The van der Waals surface area contributed by atoms with Crippen molar-refractivity contribution in [3.63, 3.8) is 0 Å². The minimum atomic E-state index is 0.631. The largest absolute Gasteiger partial charge is 0.384 e. The summed E-state index contributed by atoms with van der Waals surface area (Å²) >= 11 is 0. The van der Waals surface area contributed by atoms with E-state index in [1.807, 2.05) is 6.21 Å². The molecule has 3 nitrogen and oxygen atoms in total. The predicted molar refractivity (Wildman–Crippen MR) is 55.1 cm³/mol. The van der Waals surface area contributed by atoms with Crippen LogP contribution in [0.4, 0.5) is 0 Å². The fraction of sp³-hybridized carbons (Fsp3) is 0.700. The molecule has 1 atom stereocenters. The molecular formula is C10H17N3. The second-order valence-electron chi connectivity index (χ2n) is 3.68. The highest BCUT2D eigenvalue weighted by Gasteiger charge is 2.13. The van der Waals surface area contributed by atoms with E-state index in [1.54, 1.807) is 0 Å². The zero-order valence-electron chi connectivity index (χ0n) is 7.92. The Bertz CT molecular complexity index is 214. The highest BCUT2D eigenvalue weighted by Crippen LogP contribution is 2.07. The number of piperidine rings is 1. The number of nitrogens with zero attached hydrogens (tertiary/aromatic N) is 1. The zero-order chi connectivity index (χ0) is 8.93. The third kappa shape index (κ3) is 2.56. The normalized spacial score (nSPS) is 28.3. The van der Waals surface area contributed by atoms with E-state index in [0.29, 0.717) is 6.04 Å². The summed E-state index contributed by atoms with van der Waals surface area (Å²) in [6.07, 6.45) is 7.66. The van der Waals surface area contributed by atoms with Gasteiger partial charge in [0.05, 0.1) is 0 Å². The molecule has 1 saturated heterocycles. The van der Waals surface area contributed by atoms with Crippen molar-refractivity contribution in [1.82, 2.24) is 10.6 Å². The highest BCUT2D eigenvalue weighted by molar-refractivity contribution is 5.73. The summed E-state index contributed by atoms with van der Waals surface area (Å²) in [5.41, 5.74) is 1.35. The number of hydrogen-bond acceptors (Lipinski definition) is 3. The Labute approximate surface area is 79.3 Å². The van der Waals surface area contributed by atoms with E-state index in [2.05, 4.69) is 21.7 Å². The summed E-state index contributed by atoms with van der Waals surface area (Å²) in [5, 5.41) is 6.97. The molecule has 0 amide bonds. The van der Waals surface area contributed by atoms with E-state index in [-0.39, 0.29) is 0 Å². The first kappa shape index (κ1) is 8.75. The van der Waals surface area contributed by atoms with E-state index in [4.69, 9.17) is 0 Å². The molecule has 0 aromatic carbocycles. The van der Waals surface area contributed by atoms with Gasteiger partial charge in [-0.2, -0.15) is 0 Å². The van der Waals surface area contributed by atoms with Crippen LogP contribution in [-0.4, -0.2) is 31.9 Å². The van der Waals surface area contributed by atoms with E-state index in [1.165, 1.54) is 25.1 Å². The van der Waals surface area contributed by atoms with Crippen LogP contribution in [0.2, 0.25) is 0 Å². The molecule has 3 heteroatoms. The summed E-state index contributed by atoms with van der Waals surface area (Å²) in [4.78, 5) is 4.16. The number of allylic oxidation sites excluding steroid dienone is 1. The summed E-state index contributed by atoms with van der Waals surface area (Å²) in [7, 11) is 0. The van der Waals surface area contributed by atoms with Crippen molar-refractivity contribution in [1.29, 1.82) is 0 Å². The lowest BCUT2D eigenvalue weighted by atomic mass is 10.1. The minimum absolute atomic E-state index is 0.631. The van der Waals surface area contributed by atoms with Gasteiger partial charge in [-0.1, -0.05) is 0 Å². The first-order chi connectivity index (χ1) is 6.45. The Morgan fingerprint density at radius 2 is 2.54 bits per heavy atom. The van der Waals surface area contributed by atoms with Gasteiger partial charge in [0.1, 0.15) is 0 Å². The summed E-state index contributed by atoms with van der Waals surface area (Å²) in [5.74, 6) is 0. The van der Waals surface area contributed by atoms with Crippen molar-refractivity contribution >= 4 is 6.21 Å². The van der Waals surface area contributed by atoms with Crippen molar-refractivity contribution in [2.24, 2.45) is 4.99 Å². The molecule has 0 saturated carbocycles. The molecule has 13 heavy (non-hydrogen) atoms. The smallest absolute Gasteiger partial charge is 0.0443 e. The number of dihydropyridines is 1. The molecule has 0 bridgehead atoms. The van der Waals surface area contributed by atoms with Gasteiger partial charge in [-0.05, 0) is 25.5 Å². The van der Waals surface area contributed by atoms with Gasteiger partial charge >= 0.3 is 0 Å². The molecule has 0 aliphatic carbocycles. The van der Waals surface area contributed by atoms with Crippen molar-refractivity contribution in [2.45, 2.75) is 25.3 Å². The SMILES string of the molecule is C1=NCCC(NC2CCCNC2)=C1. The van der Waals surface area contributed by atoms with Crippen molar-refractivity contribution in [3.8, 4) is 0 Å². The summed E-state index contributed by atoms with van der Waals surface area (Å²) in [6, 6.07) is 0.631. The number of nitrogens with one attached hydrogen (secondary N) is 2. The average molecular weight is 179 g/mol. The quantitative estimate of drug-likeness (QED) is 0.654. The van der Waals surface area contributed by atoms with Gasteiger partial charge in [-0.15, -0.1) is 0 Å². The molecule has 2 heterocycles. The molecule has 2 aliphatic heterocycles. The molecule has 0 spiro atoms. The van der Waals surface area contributed by atoms with Crippen LogP contribution in [-0.2, 0) is 0 Å². The second kappa shape index (κ2) is 4.42. The first-order valence-corrected chi connectivity index (χ1v) is 5.11. The van der Waals surface area contributed by atoms with Crippen molar-refractivity contribution < 1.29 is 0 Å². The van der Waals surface area contributed by atoms with Crippen molar-refractivity contribution in [3.05, 3.63) is 11.8 Å². The number of aliphatic imine (C=N–C) groups is 1. The van der Waals surface area contributed by atoms with Crippen LogP contribution in [0.25, 0.3) is 0 Å². The molecule has 0 aromatic heterocycles. The zero-order valence-corrected chi connectivity index (χ0v) is 7.92. The van der Waals surface area contributed by atoms with Crippen LogP contribution in [0.3, 0.4) is 0 Å². The van der Waals surface area contributed by atoms with E-state index in [0.717, 1.165) is 19.5 Å². The van der Waals surface area contributed by atoms with Gasteiger partial charge < -0.3 is 10.6 Å². The monoisotopic (exact) mass is 179 g/mol. The lowest BCUT2D eigenvalue weighted by molar-refractivity contribution is 0.410. The summed E-state index contributed by atoms with van der Waals surface area (Å²) < 4.78 is 0. The minimum Gasteiger partial charge on any atom is -0.384 e. The van der Waals surface area contributed by atoms with E-state index >= 15 is 0 Å². The predicted octanol–water partition coefficient (Wildman–Crippen LogP) is 0.686. The molecule has 72 valence electrons. The molecule has 1 fully saturated rings. The molecule has 2 aliphatic rings. The molecular weight excluding hydrogens is 162 g/mol. The lowest BCUT2D eigenvalue weighted by Gasteiger charge is -2.26. The maximum Gasteiger partial charge on any atom is 0.0443 e. The number of rotatable bonds is 2. The maximum absolute atomic E-state index is 4.16. The molecule has 1 unspecified atom stereocenters. The van der Waals surface area contributed by atoms with E-state index in [9.17, 15) is 0 Å². The van der Waals surface area contributed by atoms with Crippen LogP contribution >= 0.6 is 0 Å². The molecule has 0 radical (unpaired) electrons. The Morgan fingerprint density at radius 3 is 3.23 bits per heavy atom. The summed E-state index contributed by atoms with van der Waals surface area (Å²) in [6.45, 7) is 3.23. The first-order valence-electron chi connectivity index (χ1n) is 5.11. The number of hydrogen-bond donors (Lipinski definition) is 2. The van der Waals surface area contributed by atoms with Gasteiger partial charge in [0.2, 0.25) is 0 Å². The molecule has 2 N–H and O–H groups in total. The van der Waals surface area contributed by atoms with Crippen LogP contribution < -0.4 is 10.6 Å². The third-order valence-corrected chi connectivity index (χ3v) is 2.58. The molecule has 2 rings (SSSR count). The standard InChI is InChI=1S/C10H17N3/c1-2-10(8-12-5-1)13-9-3-6-11-7-4-9/h3,6,10,12-13H,1-2,4-5,7-8H2. The average Bonchev–Trinajstić information content (AvgIpc) is 2.21. The van der Waals surface area contributed by atoms with Crippen LogP contribution in [0.15, 0.2) is 16.8 Å². The lowest BCUT2D eigenvalue weighted by Crippen LogP contribution is -2.42. The molecule has 0 aromatic rings. The Kier molecular flexibility index (Phi) is 2.98. The third-order valence-electron chi connectivity index (χ3n) is 2.58. The van der Waals surface area contributed by atoms with Gasteiger partial charge in [-0.3, -0.25) is 4.99 Å². The fourth-order valence-electron chi connectivity index (χ4n) is 1.84. The van der Waals surface area contributed by atoms with Gasteiger partial charge in [0.15, 0.2) is 0 Å². The van der Waals surface area contributed by atoms with Gasteiger partial charge in [-0.25, -0.2) is 0 Å². The van der Waals surface area contributed by atoms with Crippen molar-refractivity contribution in [2.75, 3.05) is 19.6 Å². The Balaban J connectivity index is 1.82. The van der Waals surface area contributed by atoms with Crippen LogP contribution in [0, 0.1) is 0 Å². The maximum atomic E-state index is 4.16. The Hall–Kier alpha value is -0.830.